The third-order valence-electron chi connectivity index (χ3n) is 2.83. The largest absolute Gasteiger partial charge is 0.325 e. The van der Waals surface area contributed by atoms with Crippen LogP contribution in [0.2, 0.25) is 0 Å². The summed E-state index contributed by atoms with van der Waals surface area (Å²) in [4.78, 5) is 23.2. The Bertz CT molecular complexity index is 702. The van der Waals surface area contributed by atoms with Crippen molar-refractivity contribution in [3.8, 4) is 0 Å². The first-order valence-corrected chi connectivity index (χ1v) is 7.43. The third-order valence-corrected chi connectivity index (χ3v) is 3.87. The molecular weight excluding hydrogens is 308 g/mol. The minimum absolute atomic E-state index is 0.00765. The SMILES string of the molecule is CC(=O)c1ccc(SCC(=O)Nc2ccc(F)cc2)c(F)c1. The summed E-state index contributed by atoms with van der Waals surface area (Å²) in [6, 6.07) is 9.52. The van der Waals surface area contributed by atoms with Crippen molar-refractivity contribution in [1.82, 2.24) is 0 Å². The number of halogens is 2. The van der Waals surface area contributed by atoms with Gasteiger partial charge in [-0.05, 0) is 43.3 Å². The van der Waals surface area contributed by atoms with Gasteiger partial charge in [0, 0.05) is 16.1 Å². The lowest BCUT2D eigenvalue weighted by atomic mass is 10.1. The molecule has 2 aromatic rings. The predicted molar refractivity (Wildman–Crippen MR) is 82.2 cm³/mol. The van der Waals surface area contributed by atoms with Crippen molar-refractivity contribution in [3.63, 3.8) is 0 Å². The van der Waals surface area contributed by atoms with E-state index in [4.69, 9.17) is 0 Å². The lowest BCUT2D eigenvalue weighted by Gasteiger charge is -2.06. The third kappa shape index (κ3) is 4.39. The predicted octanol–water partition coefficient (Wildman–Crippen LogP) is 3.90. The van der Waals surface area contributed by atoms with Gasteiger partial charge in [-0.3, -0.25) is 9.59 Å². The molecule has 1 N–H and O–H groups in total. The smallest absolute Gasteiger partial charge is 0.234 e. The van der Waals surface area contributed by atoms with E-state index >= 15 is 0 Å². The Kier molecular flexibility index (Phi) is 5.27. The molecule has 6 heteroatoms. The van der Waals surface area contributed by atoms with Crippen LogP contribution in [0.4, 0.5) is 14.5 Å². The molecule has 0 atom stereocenters. The van der Waals surface area contributed by atoms with E-state index in [0.29, 0.717) is 10.6 Å². The zero-order chi connectivity index (χ0) is 16.1. The minimum atomic E-state index is -0.535. The maximum absolute atomic E-state index is 13.8. The topological polar surface area (TPSA) is 46.2 Å². The van der Waals surface area contributed by atoms with E-state index in [1.54, 1.807) is 0 Å². The van der Waals surface area contributed by atoms with Crippen molar-refractivity contribution in [2.24, 2.45) is 0 Å². The fraction of sp³-hybridized carbons (Fsp3) is 0.125. The van der Waals surface area contributed by atoms with E-state index in [9.17, 15) is 18.4 Å². The average molecular weight is 321 g/mol. The van der Waals surface area contributed by atoms with E-state index in [1.165, 1.54) is 43.3 Å². The highest BCUT2D eigenvalue weighted by atomic mass is 32.2. The molecule has 114 valence electrons. The molecular formula is C16H13F2NO2S. The summed E-state index contributed by atoms with van der Waals surface area (Å²) in [7, 11) is 0. The first-order chi connectivity index (χ1) is 10.5. The quantitative estimate of drug-likeness (QED) is 0.671. The standard InChI is InChI=1S/C16H13F2NO2S/c1-10(20)11-2-7-15(14(18)8-11)22-9-16(21)19-13-5-3-12(17)4-6-13/h2-8H,9H2,1H3,(H,19,21). The highest BCUT2D eigenvalue weighted by Gasteiger charge is 2.09. The summed E-state index contributed by atoms with van der Waals surface area (Å²) < 4.78 is 26.5. The molecule has 3 nitrogen and oxygen atoms in total. The zero-order valence-electron chi connectivity index (χ0n) is 11.7. The first kappa shape index (κ1) is 16.2. The summed E-state index contributed by atoms with van der Waals surface area (Å²) in [5, 5.41) is 2.59. The lowest BCUT2D eigenvalue weighted by molar-refractivity contribution is -0.113. The van der Waals surface area contributed by atoms with Gasteiger partial charge in [-0.2, -0.15) is 0 Å². The Morgan fingerprint density at radius 2 is 1.77 bits per heavy atom. The molecule has 0 heterocycles. The summed E-state index contributed by atoms with van der Waals surface area (Å²) in [6.07, 6.45) is 0. The van der Waals surface area contributed by atoms with Crippen LogP contribution in [0.15, 0.2) is 47.4 Å². The Labute approximate surface area is 130 Å². The molecule has 0 radical (unpaired) electrons. The summed E-state index contributed by atoms with van der Waals surface area (Å²) in [6.45, 7) is 1.36. The summed E-state index contributed by atoms with van der Waals surface area (Å²) in [5.41, 5.74) is 0.761. The van der Waals surface area contributed by atoms with Crippen molar-refractivity contribution in [2.75, 3.05) is 11.1 Å². The van der Waals surface area contributed by atoms with E-state index in [-0.39, 0.29) is 28.8 Å². The Morgan fingerprint density at radius 1 is 1.09 bits per heavy atom. The molecule has 0 saturated carbocycles. The molecule has 1 amide bonds. The second-order valence-electron chi connectivity index (χ2n) is 4.55. The Balaban J connectivity index is 1.93. The number of Topliss-reactive ketones (excluding diaryl/α,β-unsaturated/α-hetero) is 1. The summed E-state index contributed by atoms with van der Waals surface area (Å²) in [5.74, 6) is -1.46. The van der Waals surface area contributed by atoms with Crippen LogP contribution in [0.1, 0.15) is 17.3 Å². The number of nitrogens with one attached hydrogen (secondary N) is 1. The van der Waals surface area contributed by atoms with Crippen LogP contribution >= 0.6 is 11.8 Å². The molecule has 0 aliphatic rings. The number of hydrogen-bond acceptors (Lipinski definition) is 3. The number of carbonyl (C=O) groups is 2. The average Bonchev–Trinajstić information content (AvgIpc) is 2.48. The van der Waals surface area contributed by atoms with Gasteiger partial charge in [-0.25, -0.2) is 8.78 Å². The molecule has 0 aliphatic carbocycles. The minimum Gasteiger partial charge on any atom is -0.325 e. The maximum atomic E-state index is 13.8. The molecule has 0 aromatic heterocycles. The van der Waals surface area contributed by atoms with Crippen LogP contribution in [0, 0.1) is 11.6 Å². The van der Waals surface area contributed by atoms with E-state index in [0.717, 1.165) is 17.8 Å². The van der Waals surface area contributed by atoms with Crippen molar-refractivity contribution in [3.05, 3.63) is 59.7 Å². The first-order valence-electron chi connectivity index (χ1n) is 6.44. The van der Waals surface area contributed by atoms with E-state index in [1.807, 2.05) is 0 Å². The van der Waals surface area contributed by atoms with Crippen molar-refractivity contribution < 1.29 is 18.4 Å². The second kappa shape index (κ2) is 7.17. The van der Waals surface area contributed by atoms with Crippen LogP contribution in [0.25, 0.3) is 0 Å². The fourth-order valence-corrected chi connectivity index (χ4v) is 2.43. The molecule has 0 spiro atoms. The highest BCUT2D eigenvalue weighted by molar-refractivity contribution is 8.00. The van der Waals surface area contributed by atoms with Crippen LogP contribution in [0.5, 0.6) is 0 Å². The van der Waals surface area contributed by atoms with Gasteiger partial charge in [0.25, 0.3) is 0 Å². The van der Waals surface area contributed by atoms with Gasteiger partial charge >= 0.3 is 0 Å². The van der Waals surface area contributed by atoms with Gasteiger partial charge in [-0.1, -0.05) is 6.07 Å². The van der Waals surface area contributed by atoms with Gasteiger partial charge in [0.15, 0.2) is 5.78 Å². The van der Waals surface area contributed by atoms with Gasteiger partial charge in [0.05, 0.1) is 5.75 Å². The molecule has 2 rings (SSSR count). The molecule has 0 aliphatic heterocycles. The number of thioether (sulfide) groups is 1. The fourth-order valence-electron chi connectivity index (χ4n) is 1.71. The highest BCUT2D eigenvalue weighted by Crippen LogP contribution is 2.23. The number of carbonyl (C=O) groups excluding carboxylic acids is 2. The van der Waals surface area contributed by atoms with Gasteiger partial charge in [0.2, 0.25) is 5.91 Å². The lowest BCUT2D eigenvalue weighted by Crippen LogP contribution is -2.14. The molecule has 0 saturated heterocycles. The van der Waals surface area contributed by atoms with Crippen LogP contribution in [-0.4, -0.2) is 17.4 Å². The monoisotopic (exact) mass is 321 g/mol. The number of anilines is 1. The number of amides is 1. The van der Waals surface area contributed by atoms with Gasteiger partial charge in [-0.15, -0.1) is 11.8 Å². The van der Waals surface area contributed by atoms with Crippen molar-refractivity contribution >= 4 is 29.1 Å². The zero-order valence-corrected chi connectivity index (χ0v) is 12.5. The van der Waals surface area contributed by atoms with Gasteiger partial charge < -0.3 is 5.32 Å². The van der Waals surface area contributed by atoms with E-state index in [2.05, 4.69) is 5.32 Å². The maximum Gasteiger partial charge on any atom is 0.234 e. The van der Waals surface area contributed by atoms with Crippen LogP contribution in [0.3, 0.4) is 0 Å². The Hall–Kier alpha value is -2.21. The summed E-state index contributed by atoms with van der Waals surface area (Å²) >= 11 is 1.03. The van der Waals surface area contributed by atoms with Crippen molar-refractivity contribution in [1.29, 1.82) is 0 Å². The Morgan fingerprint density at radius 3 is 2.36 bits per heavy atom. The molecule has 0 fully saturated rings. The second-order valence-corrected chi connectivity index (χ2v) is 5.56. The number of hydrogen-bond donors (Lipinski definition) is 1. The molecule has 2 aromatic carbocycles. The number of benzene rings is 2. The molecule has 0 bridgehead atoms. The van der Waals surface area contributed by atoms with Crippen LogP contribution < -0.4 is 5.32 Å². The number of ketones is 1. The van der Waals surface area contributed by atoms with Crippen molar-refractivity contribution in [2.45, 2.75) is 11.8 Å². The van der Waals surface area contributed by atoms with Crippen LogP contribution in [-0.2, 0) is 4.79 Å². The van der Waals surface area contributed by atoms with Gasteiger partial charge in [0.1, 0.15) is 11.6 Å². The van der Waals surface area contributed by atoms with E-state index < -0.39 is 5.82 Å². The number of rotatable bonds is 5. The molecule has 22 heavy (non-hydrogen) atoms. The molecule has 0 unspecified atom stereocenters. The normalized spacial score (nSPS) is 10.3.